The molecule has 8 aromatic carbocycles. The van der Waals surface area contributed by atoms with Gasteiger partial charge in [0, 0.05) is 51.2 Å². The zero-order valence-electron chi connectivity index (χ0n) is 31.9. The number of furan rings is 1. The molecule has 0 radical (unpaired) electrons. The summed E-state index contributed by atoms with van der Waals surface area (Å²) < 4.78 is 6.09. The van der Waals surface area contributed by atoms with Crippen molar-refractivity contribution >= 4 is 82.5 Å². The summed E-state index contributed by atoms with van der Waals surface area (Å²) in [4.78, 5) is 28.8. The number of anilines is 3. The van der Waals surface area contributed by atoms with Gasteiger partial charge in [-0.2, -0.15) is 0 Å². The number of fused-ring (bicyclic) bond motifs is 7. The minimum atomic E-state index is 0.579. The molecule has 12 rings (SSSR count). The van der Waals surface area contributed by atoms with E-state index in [0.717, 1.165) is 110 Å². The summed E-state index contributed by atoms with van der Waals surface area (Å²) >= 11 is 0. The van der Waals surface area contributed by atoms with Crippen LogP contribution in [0.1, 0.15) is 0 Å². The van der Waals surface area contributed by atoms with E-state index in [9.17, 15) is 0 Å². The van der Waals surface area contributed by atoms with E-state index in [2.05, 4.69) is 169 Å². The van der Waals surface area contributed by atoms with Gasteiger partial charge in [-0.25, -0.2) is 29.9 Å². The van der Waals surface area contributed by atoms with E-state index in [1.54, 1.807) is 19.0 Å². The minimum absolute atomic E-state index is 0.579. The Hall–Kier alpha value is -8.36. The number of para-hydroxylation sites is 1. The lowest BCUT2D eigenvalue weighted by Crippen LogP contribution is -2.10. The van der Waals surface area contributed by atoms with Crippen molar-refractivity contribution in [1.82, 2.24) is 29.9 Å². The molecular weight excluding hydrogens is 739 g/mol. The Morgan fingerprint density at radius 3 is 1.50 bits per heavy atom. The van der Waals surface area contributed by atoms with Gasteiger partial charge in [0.05, 0.1) is 22.1 Å². The van der Waals surface area contributed by atoms with Crippen LogP contribution in [0.2, 0.25) is 0 Å². The second-order valence-electron chi connectivity index (χ2n) is 15.0. The molecule has 0 saturated heterocycles. The fourth-order valence-electron chi connectivity index (χ4n) is 8.42. The van der Waals surface area contributed by atoms with Crippen LogP contribution in [0, 0.1) is 0 Å². The third kappa shape index (κ3) is 5.77. The first kappa shape index (κ1) is 33.7. The normalized spacial score (nSPS) is 11.7. The summed E-state index contributed by atoms with van der Waals surface area (Å²) in [5.41, 5.74) is 12.7. The Morgan fingerprint density at radius 2 is 0.883 bits per heavy atom. The lowest BCUT2D eigenvalue weighted by molar-refractivity contribution is 0.653. The Balaban J connectivity index is 0.955. The number of rotatable bonds is 6. The van der Waals surface area contributed by atoms with Crippen LogP contribution >= 0.6 is 0 Å². The number of hydrogen-bond acceptors (Lipinski definition) is 8. The predicted octanol–water partition coefficient (Wildman–Crippen LogP) is 13.0. The fourth-order valence-corrected chi connectivity index (χ4v) is 8.42. The van der Waals surface area contributed by atoms with E-state index in [4.69, 9.17) is 9.40 Å². The van der Waals surface area contributed by atoms with Crippen molar-refractivity contribution in [3.63, 3.8) is 0 Å². The zero-order chi connectivity index (χ0) is 39.6. The van der Waals surface area contributed by atoms with Crippen molar-refractivity contribution in [2.75, 3.05) is 4.90 Å². The molecule has 0 aliphatic carbocycles. The van der Waals surface area contributed by atoms with Crippen molar-refractivity contribution in [3.8, 4) is 33.5 Å². The number of benzene rings is 8. The Labute approximate surface area is 343 Å². The number of aromatic nitrogens is 6. The molecule has 280 valence electrons. The summed E-state index contributed by atoms with van der Waals surface area (Å²) in [5, 5.41) is 8.54. The Morgan fingerprint density at radius 1 is 0.383 bits per heavy atom. The highest BCUT2D eigenvalue weighted by Gasteiger charge is 2.18. The van der Waals surface area contributed by atoms with Gasteiger partial charge >= 0.3 is 0 Å². The van der Waals surface area contributed by atoms with Crippen molar-refractivity contribution < 1.29 is 4.42 Å². The molecule has 0 saturated carbocycles. The van der Waals surface area contributed by atoms with E-state index in [-0.39, 0.29) is 0 Å². The van der Waals surface area contributed by atoms with Crippen molar-refractivity contribution in [2.24, 2.45) is 0 Å². The molecule has 0 spiro atoms. The molecule has 0 amide bonds. The zero-order valence-corrected chi connectivity index (χ0v) is 31.9. The van der Waals surface area contributed by atoms with Gasteiger partial charge in [0.25, 0.3) is 0 Å². The largest absolute Gasteiger partial charge is 0.438 e. The van der Waals surface area contributed by atoms with Crippen LogP contribution < -0.4 is 4.90 Å². The van der Waals surface area contributed by atoms with Crippen LogP contribution in [-0.4, -0.2) is 29.9 Å². The molecule has 0 fully saturated rings. The van der Waals surface area contributed by atoms with Gasteiger partial charge in [-0.3, -0.25) is 0 Å². The molecule has 8 nitrogen and oxygen atoms in total. The van der Waals surface area contributed by atoms with Crippen LogP contribution in [0.3, 0.4) is 0 Å². The van der Waals surface area contributed by atoms with Gasteiger partial charge in [-0.05, 0) is 123 Å². The molecule has 60 heavy (non-hydrogen) atoms. The molecule has 4 aromatic heterocycles. The van der Waals surface area contributed by atoms with Crippen LogP contribution in [-0.2, 0) is 0 Å². The highest BCUT2D eigenvalue weighted by Crippen LogP contribution is 2.41. The summed E-state index contributed by atoms with van der Waals surface area (Å²) in [6, 6.07) is 55.9. The van der Waals surface area contributed by atoms with Gasteiger partial charge in [-0.1, -0.05) is 78.9 Å². The van der Waals surface area contributed by atoms with Crippen molar-refractivity contribution in [1.29, 1.82) is 0 Å². The van der Waals surface area contributed by atoms with Crippen molar-refractivity contribution in [2.45, 2.75) is 0 Å². The molecule has 8 heteroatoms. The van der Waals surface area contributed by atoms with Crippen LogP contribution in [0.15, 0.2) is 194 Å². The van der Waals surface area contributed by atoms with Gasteiger partial charge in [0.15, 0.2) is 0 Å². The van der Waals surface area contributed by atoms with E-state index in [0.29, 0.717) is 5.71 Å². The average molecular weight is 770 g/mol. The third-order valence-electron chi connectivity index (χ3n) is 11.4. The third-order valence-corrected chi connectivity index (χ3v) is 11.4. The predicted molar refractivity (Wildman–Crippen MR) is 242 cm³/mol. The maximum atomic E-state index is 6.09. The summed E-state index contributed by atoms with van der Waals surface area (Å²) in [6.45, 7) is 0. The van der Waals surface area contributed by atoms with E-state index in [1.807, 2.05) is 30.6 Å². The molecular formula is C52H31N7O. The van der Waals surface area contributed by atoms with Gasteiger partial charge in [0.2, 0.25) is 5.71 Å². The van der Waals surface area contributed by atoms with Gasteiger partial charge in [0.1, 0.15) is 24.6 Å². The van der Waals surface area contributed by atoms with Crippen LogP contribution in [0.5, 0.6) is 0 Å². The molecule has 0 N–H and O–H groups in total. The smallest absolute Gasteiger partial charge is 0.230 e. The quantitative estimate of drug-likeness (QED) is 0.165. The standard InChI is InChI=1S/C52H31N7O/c1-2-4-49-46(3-1)50-51(57-31-58-52(50)60-49)32-9-15-43(16-10-32)59(44-17-11-35-21-33(5-7-39(35)25-44)37-13-19-47-41(23-37)27-53-29-55-47)45-18-12-36-22-34(6-8-40(36)26-45)38-14-20-48-42(24-38)28-54-30-56-48/h1-31H. The van der Waals surface area contributed by atoms with E-state index >= 15 is 0 Å². The van der Waals surface area contributed by atoms with E-state index < -0.39 is 0 Å². The highest BCUT2D eigenvalue weighted by atomic mass is 16.3. The van der Waals surface area contributed by atoms with Gasteiger partial charge in [-0.15, -0.1) is 0 Å². The summed E-state index contributed by atoms with van der Waals surface area (Å²) in [6.07, 6.45) is 8.47. The maximum Gasteiger partial charge on any atom is 0.230 e. The molecule has 12 aromatic rings. The SMILES string of the molecule is c1ccc2c(c1)oc1ncnc(-c3ccc(N(c4ccc5cc(-c6ccc7ncncc7c6)ccc5c4)c4ccc5cc(-c6ccc7ncncc7c6)ccc5c4)cc3)c12. The monoisotopic (exact) mass is 769 g/mol. The lowest BCUT2D eigenvalue weighted by Gasteiger charge is -2.26. The average Bonchev–Trinajstić information content (AvgIpc) is 3.70. The van der Waals surface area contributed by atoms with E-state index in [1.165, 1.54) is 0 Å². The van der Waals surface area contributed by atoms with Crippen LogP contribution in [0.25, 0.3) is 98.9 Å². The van der Waals surface area contributed by atoms with Gasteiger partial charge < -0.3 is 9.32 Å². The molecule has 0 aliphatic rings. The summed E-state index contributed by atoms with van der Waals surface area (Å²) in [5.74, 6) is 0. The minimum Gasteiger partial charge on any atom is -0.438 e. The maximum absolute atomic E-state index is 6.09. The summed E-state index contributed by atoms with van der Waals surface area (Å²) in [7, 11) is 0. The molecule has 0 unspecified atom stereocenters. The van der Waals surface area contributed by atoms with Crippen LogP contribution in [0.4, 0.5) is 17.1 Å². The molecule has 4 heterocycles. The Bertz CT molecular complexity index is 3480. The second-order valence-corrected chi connectivity index (χ2v) is 15.0. The lowest BCUT2D eigenvalue weighted by atomic mass is 9.98. The molecule has 0 atom stereocenters. The first-order chi connectivity index (χ1) is 29.7. The molecule has 0 bridgehead atoms. The Kier molecular flexibility index (Phi) is 7.67. The highest BCUT2D eigenvalue weighted by molar-refractivity contribution is 6.10. The number of nitrogens with zero attached hydrogens (tertiary/aromatic N) is 7. The first-order valence-corrected chi connectivity index (χ1v) is 19.7. The number of hydrogen-bond donors (Lipinski definition) is 0. The second kappa shape index (κ2) is 13.6. The topological polar surface area (TPSA) is 93.7 Å². The molecule has 0 aliphatic heterocycles. The fraction of sp³-hybridized carbons (Fsp3) is 0. The van der Waals surface area contributed by atoms with Crippen molar-refractivity contribution in [3.05, 3.63) is 189 Å². The first-order valence-electron chi connectivity index (χ1n) is 19.7.